The average Bonchev–Trinajstić information content (AvgIpc) is 2.34. The summed E-state index contributed by atoms with van der Waals surface area (Å²) in [5, 5.41) is 3.47. The van der Waals surface area contributed by atoms with Crippen LogP contribution in [0.25, 0.3) is 10.9 Å². The van der Waals surface area contributed by atoms with Crippen molar-refractivity contribution in [3.05, 3.63) is 28.5 Å². The van der Waals surface area contributed by atoms with Crippen LogP contribution in [0.15, 0.2) is 22.7 Å². The van der Waals surface area contributed by atoms with Crippen molar-refractivity contribution in [2.75, 3.05) is 11.9 Å². The third-order valence-corrected chi connectivity index (χ3v) is 2.95. The van der Waals surface area contributed by atoms with Gasteiger partial charge in [-0.25, -0.2) is 9.97 Å². The molecule has 0 unspecified atom stereocenters. The minimum Gasteiger partial charge on any atom is -0.369 e. The molecule has 0 aliphatic heterocycles. The minimum atomic E-state index is -4.55. The van der Waals surface area contributed by atoms with Crippen molar-refractivity contribution in [2.45, 2.75) is 19.5 Å². The molecule has 0 aliphatic carbocycles. The van der Waals surface area contributed by atoms with E-state index in [1.165, 1.54) is 6.07 Å². The van der Waals surface area contributed by atoms with Gasteiger partial charge in [-0.1, -0.05) is 22.9 Å². The molecule has 0 fully saturated rings. The number of aromatic nitrogens is 2. The Hall–Kier alpha value is -1.37. The zero-order chi connectivity index (χ0) is 14.0. The van der Waals surface area contributed by atoms with Crippen LogP contribution in [-0.2, 0) is 6.18 Å². The van der Waals surface area contributed by atoms with Crippen LogP contribution >= 0.6 is 15.9 Å². The van der Waals surface area contributed by atoms with Crippen molar-refractivity contribution >= 4 is 32.7 Å². The number of halogens is 4. The third-order valence-electron chi connectivity index (χ3n) is 2.45. The SMILES string of the molecule is CCCNc1nc(C(F)(F)F)nc2ccc(Br)cc12. The maximum absolute atomic E-state index is 12.7. The molecular weight excluding hydrogens is 323 g/mol. The first kappa shape index (κ1) is 14.0. The van der Waals surface area contributed by atoms with Gasteiger partial charge in [-0.3, -0.25) is 0 Å². The summed E-state index contributed by atoms with van der Waals surface area (Å²) >= 11 is 3.29. The van der Waals surface area contributed by atoms with Crippen molar-refractivity contribution in [1.82, 2.24) is 9.97 Å². The van der Waals surface area contributed by atoms with E-state index in [2.05, 4.69) is 31.2 Å². The van der Waals surface area contributed by atoms with Crippen LogP contribution in [0.3, 0.4) is 0 Å². The second-order valence-corrected chi connectivity index (χ2v) is 4.90. The lowest BCUT2D eigenvalue weighted by molar-refractivity contribution is -0.144. The number of hydrogen-bond acceptors (Lipinski definition) is 3. The van der Waals surface area contributed by atoms with E-state index < -0.39 is 12.0 Å². The lowest BCUT2D eigenvalue weighted by Crippen LogP contribution is -2.14. The van der Waals surface area contributed by atoms with Crippen LogP contribution in [0, 0.1) is 0 Å². The minimum absolute atomic E-state index is 0.209. The Labute approximate surface area is 116 Å². The van der Waals surface area contributed by atoms with E-state index in [4.69, 9.17) is 0 Å². The summed E-state index contributed by atoms with van der Waals surface area (Å²) in [5.74, 6) is -0.915. The predicted octanol–water partition coefficient (Wildman–Crippen LogP) is 4.23. The first-order chi connectivity index (χ1) is 8.91. The monoisotopic (exact) mass is 333 g/mol. The molecule has 1 aromatic heterocycles. The van der Waals surface area contributed by atoms with Gasteiger partial charge in [0.25, 0.3) is 0 Å². The summed E-state index contributed by atoms with van der Waals surface area (Å²) in [6.07, 6.45) is -3.76. The molecule has 0 saturated carbocycles. The zero-order valence-corrected chi connectivity index (χ0v) is 11.6. The van der Waals surface area contributed by atoms with Gasteiger partial charge in [0.15, 0.2) is 0 Å². The molecule has 1 heterocycles. The Bertz CT molecular complexity index is 599. The summed E-state index contributed by atoms with van der Waals surface area (Å²) in [5.41, 5.74) is 0.268. The van der Waals surface area contributed by atoms with Gasteiger partial charge in [-0.15, -0.1) is 0 Å². The van der Waals surface area contributed by atoms with E-state index in [1.807, 2.05) is 6.92 Å². The van der Waals surface area contributed by atoms with Crippen LogP contribution < -0.4 is 5.32 Å². The van der Waals surface area contributed by atoms with Crippen molar-refractivity contribution in [3.8, 4) is 0 Å². The van der Waals surface area contributed by atoms with Crippen molar-refractivity contribution in [2.24, 2.45) is 0 Å². The van der Waals surface area contributed by atoms with E-state index in [0.29, 0.717) is 11.9 Å². The molecule has 7 heteroatoms. The molecular formula is C12H11BrF3N3. The number of hydrogen-bond donors (Lipinski definition) is 1. The van der Waals surface area contributed by atoms with Crippen LogP contribution in [0.4, 0.5) is 19.0 Å². The fourth-order valence-corrected chi connectivity index (χ4v) is 1.97. The van der Waals surface area contributed by atoms with E-state index in [1.54, 1.807) is 12.1 Å². The van der Waals surface area contributed by atoms with Gasteiger partial charge in [0, 0.05) is 16.4 Å². The average molecular weight is 334 g/mol. The fraction of sp³-hybridized carbons (Fsp3) is 0.333. The Balaban J connectivity index is 2.62. The highest BCUT2D eigenvalue weighted by atomic mass is 79.9. The summed E-state index contributed by atoms with van der Waals surface area (Å²) in [6.45, 7) is 2.48. The van der Waals surface area contributed by atoms with Gasteiger partial charge in [-0.2, -0.15) is 13.2 Å². The molecule has 0 amide bonds. The standard InChI is InChI=1S/C12H11BrF3N3/c1-2-5-17-10-8-6-7(13)3-4-9(8)18-11(19-10)12(14,15)16/h3-4,6H,2,5H2,1H3,(H,17,18,19). The number of rotatable bonds is 3. The summed E-state index contributed by atoms with van der Waals surface area (Å²) in [7, 11) is 0. The molecule has 0 saturated heterocycles. The van der Waals surface area contributed by atoms with E-state index in [9.17, 15) is 13.2 Å². The fourth-order valence-electron chi connectivity index (χ4n) is 1.61. The van der Waals surface area contributed by atoms with Gasteiger partial charge >= 0.3 is 6.18 Å². The lowest BCUT2D eigenvalue weighted by atomic mass is 10.2. The van der Waals surface area contributed by atoms with Crippen molar-refractivity contribution < 1.29 is 13.2 Å². The molecule has 3 nitrogen and oxygen atoms in total. The molecule has 0 bridgehead atoms. The second kappa shape index (κ2) is 5.32. The van der Waals surface area contributed by atoms with Gasteiger partial charge in [0.05, 0.1) is 5.52 Å². The maximum Gasteiger partial charge on any atom is 0.451 e. The van der Waals surface area contributed by atoms with Crippen LogP contribution in [-0.4, -0.2) is 16.5 Å². The number of benzene rings is 1. The molecule has 19 heavy (non-hydrogen) atoms. The Kier molecular flexibility index (Phi) is 3.93. The van der Waals surface area contributed by atoms with Crippen molar-refractivity contribution in [3.63, 3.8) is 0 Å². The third kappa shape index (κ3) is 3.15. The topological polar surface area (TPSA) is 37.8 Å². The molecule has 0 atom stereocenters. The highest BCUT2D eigenvalue weighted by Crippen LogP contribution is 2.31. The number of nitrogens with zero attached hydrogens (tertiary/aromatic N) is 2. The molecule has 2 rings (SSSR count). The summed E-state index contributed by atoms with van der Waals surface area (Å²) < 4.78 is 39.0. The number of alkyl halides is 3. The largest absolute Gasteiger partial charge is 0.451 e. The van der Waals surface area contributed by atoms with Crippen LogP contribution in [0.1, 0.15) is 19.2 Å². The molecule has 102 valence electrons. The zero-order valence-electron chi connectivity index (χ0n) is 10.1. The van der Waals surface area contributed by atoms with Gasteiger partial charge in [0.2, 0.25) is 5.82 Å². The Morgan fingerprint density at radius 1 is 1.26 bits per heavy atom. The van der Waals surface area contributed by atoms with Gasteiger partial charge in [0.1, 0.15) is 5.82 Å². The van der Waals surface area contributed by atoms with E-state index in [0.717, 1.165) is 10.9 Å². The molecule has 0 spiro atoms. The molecule has 2 aromatic rings. The maximum atomic E-state index is 12.7. The summed E-state index contributed by atoms with van der Waals surface area (Å²) in [6, 6.07) is 4.89. The molecule has 1 aromatic carbocycles. The number of fused-ring (bicyclic) bond motifs is 1. The molecule has 0 radical (unpaired) electrons. The van der Waals surface area contributed by atoms with Gasteiger partial charge < -0.3 is 5.32 Å². The normalized spacial score (nSPS) is 11.8. The first-order valence-electron chi connectivity index (χ1n) is 5.70. The Morgan fingerprint density at radius 3 is 2.63 bits per heavy atom. The first-order valence-corrected chi connectivity index (χ1v) is 6.49. The smallest absolute Gasteiger partial charge is 0.369 e. The van der Waals surface area contributed by atoms with Crippen LogP contribution in [0.2, 0.25) is 0 Å². The van der Waals surface area contributed by atoms with Crippen molar-refractivity contribution in [1.29, 1.82) is 0 Å². The Morgan fingerprint density at radius 2 is 2.00 bits per heavy atom. The summed E-state index contributed by atoms with van der Waals surface area (Å²) in [4.78, 5) is 7.14. The van der Waals surface area contributed by atoms with Crippen LogP contribution in [0.5, 0.6) is 0 Å². The number of anilines is 1. The quantitative estimate of drug-likeness (QED) is 0.913. The molecule has 1 N–H and O–H groups in total. The molecule has 0 aliphatic rings. The second-order valence-electron chi connectivity index (χ2n) is 3.98. The highest BCUT2D eigenvalue weighted by molar-refractivity contribution is 9.10. The van der Waals surface area contributed by atoms with E-state index in [-0.39, 0.29) is 11.3 Å². The van der Waals surface area contributed by atoms with E-state index >= 15 is 0 Å². The number of nitrogens with one attached hydrogen (secondary N) is 1. The lowest BCUT2D eigenvalue weighted by Gasteiger charge is -2.12. The van der Waals surface area contributed by atoms with Gasteiger partial charge in [-0.05, 0) is 24.6 Å². The highest BCUT2D eigenvalue weighted by Gasteiger charge is 2.35. The predicted molar refractivity (Wildman–Crippen MR) is 71.0 cm³/mol.